The van der Waals surface area contributed by atoms with E-state index >= 15 is 0 Å². The SMILES string of the molecule is C=C1C(=O)O[C@@H]2C=C(C)CCC=C(C=O)[C@H](OC)[C@@H](OC(=O)C(C)C)[C@@H]12. The highest BCUT2D eigenvalue weighted by Gasteiger charge is 2.48. The van der Waals surface area contributed by atoms with Crippen molar-refractivity contribution in [3.05, 3.63) is 35.5 Å². The summed E-state index contributed by atoms with van der Waals surface area (Å²) in [5.41, 5.74) is 1.62. The summed E-state index contributed by atoms with van der Waals surface area (Å²) in [6.45, 7) is 9.20. The van der Waals surface area contributed by atoms with Crippen molar-refractivity contribution >= 4 is 18.2 Å². The second kappa shape index (κ2) is 8.45. The molecular formula is C20H26O6. The van der Waals surface area contributed by atoms with Crippen molar-refractivity contribution in [3.63, 3.8) is 0 Å². The largest absolute Gasteiger partial charge is 0.458 e. The van der Waals surface area contributed by atoms with Gasteiger partial charge in [-0.1, -0.05) is 32.1 Å². The predicted octanol–water partition coefficient (Wildman–Crippen LogP) is 2.53. The molecule has 142 valence electrons. The number of hydrogen-bond acceptors (Lipinski definition) is 6. The molecule has 6 heteroatoms. The van der Waals surface area contributed by atoms with E-state index < -0.39 is 36.2 Å². The van der Waals surface area contributed by atoms with Crippen LogP contribution in [0.2, 0.25) is 0 Å². The molecule has 0 unspecified atom stereocenters. The summed E-state index contributed by atoms with van der Waals surface area (Å²) in [6.07, 6.45) is 3.41. The lowest BCUT2D eigenvalue weighted by Crippen LogP contribution is -2.44. The van der Waals surface area contributed by atoms with E-state index in [9.17, 15) is 14.4 Å². The van der Waals surface area contributed by atoms with Crippen molar-refractivity contribution in [2.75, 3.05) is 7.11 Å². The fraction of sp³-hybridized carbons (Fsp3) is 0.550. The van der Waals surface area contributed by atoms with E-state index in [1.807, 2.05) is 13.0 Å². The number of hydrogen-bond donors (Lipinski definition) is 0. The molecule has 0 aromatic rings. The van der Waals surface area contributed by atoms with Gasteiger partial charge in [0.15, 0.2) is 0 Å². The summed E-state index contributed by atoms with van der Waals surface area (Å²) in [5, 5.41) is 0. The molecule has 0 saturated carbocycles. The number of allylic oxidation sites excluding steroid dienone is 2. The maximum Gasteiger partial charge on any atom is 0.334 e. The van der Waals surface area contributed by atoms with Crippen molar-refractivity contribution in [1.29, 1.82) is 0 Å². The Morgan fingerprint density at radius 1 is 1.42 bits per heavy atom. The number of aldehydes is 1. The van der Waals surface area contributed by atoms with Gasteiger partial charge in [-0.3, -0.25) is 9.59 Å². The Morgan fingerprint density at radius 2 is 2.12 bits per heavy atom. The zero-order valence-corrected chi connectivity index (χ0v) is 15.7. The van der Waals surface area contributed by atoms with Gasteiger partial charge in [-0.05, 0) is 25.8 Å². The molecule has 1 saturated heterocycles. The van der Waals surface area contributed by atoms with Gasteiger partial charge in [0.1, 0.15) is 24.6 Å². The number of carbonyl (C=O) groups is 3. The van der Waals surface area contributed by atoms with Crippen LogP contribution in [0.1, 0.15) is 33.6 Å². The van der Waals surface area contributed by atoms with E-state index in [1.54, 1.807) is 19.9 Å². The molecule has 2 rings (SSSR count). The topological polar surface area (TPSA) is 78.9 Å². The van der Waals surface area contributed by atoms with Gasteiger partial charge < -0.3 is 14.2 Å². The molecule has 0 bridgehead atoms. The number of rotatable bonds is 4. The second-order valence-electron chi connectivity index (χ2n) is 7.01. The third-order valence-electron chi connectivity index (χ3n) is 4.72. The molecule has 0 spiro atoms. The average Bonchev–Trinajstić information content (AvgIpc) is 2.86. The molecule has 1 heterocycles. The van der Waals surface area contributed by atoms with Crippen LogP contribution in [0.4, 0.5) is 0 Å². The molecule has 1 aliphatic heterocycles. The summed E-state index contributed by atoms with van der Waals surface area (Å²) < 4.78 is 16.7. The highest BCUT2D eigenvalue weighted by atomic mass is 16.6. The summed E-state index contributed by atoms with van der Waals surface area (Å²) in [5.74, 6) is -1.95. The fourth-order valence-electron chi connectivity index (χ4n) is 3.24. The van der Waals surface area contributed by atoms with Crippen LogP contribution in [0.5, 0.6) is 0 Å². The van der Waals surface area contributed by atoms with Gasteiger partial charge in [0.05, 0.1) is 11.8 Å². The van der Waals surface area contributed by atoms with Crippen LogP contribution in [0.25, 0.3) is 0 Å². The average molecular weight is 362 g/mol. The lowest BCUT2D eigenvalue weighted by atomic mass is 9.83. The predicted molar refractivity (Wildman–Crippen MR) is 95.2 cm³/mol. The minimum atomic E-state index is -0.891. The van der Waals surface area contributed by atoms with Crippen molar-refractivity contribution < 1.29 is 28.6 Å². The number of ether oxygens (including phenoxy) is 3. The van der Waals surface area contributed by atoms with Crippen LogP contribution in [0, 0.1) is 11.8 Å². The molecule has 1 fully saturated rings. The number of methoxy groups -OCH3 is 1. The lowest BCUT2D eigenvalue weighted by Gasteiger charge is -2.33. The molecule has 0 aromatic carbocycles. The highest BCUT2D eigenvalue weighted by molar-refractivity contribution is 5.91. The van der Waals surface area contributed by atoms with Crippen molar-refractivity contribution in [3.8, 4) is 0 Å². The van der Waals surface area contributed by atoms with Gasteiger partial charge in [0.2, 0.25) is 0 Å². The molecule has 1 aliphatic carbocycles. The van der Waals surface area contributed by atoms with Crippen molar-refractivity contribution in [2.45, 2.75) is 51.9 Å². The van der Waals surface area contributed by atoms with Crippen LogP contribution in [-0.2, 0) is 28.6 Å². The molecule has 4 atom stereocenters. The van der Waals surface area contributed by atoms with Crippen molar-refractivity contribution in [1.82, 2.24) is 0 Å². The number of esters is 2. The zero-order valence-electron chi connectivity index (χ0n) is 15.7. The third-order valence-corrected chi connectivity index (χ3v) is 4.72. The second-order valence-corrected chi connectivity index (χ2v) is 7.01. The first-order chi connectivity index (χ1) is 12.3. The first kappa shape index (κ1) is 20.1. The lowest BCUT2D eigenvalue weighted by molar-refractivity contribution is -0.163. The Balaban J connectivity index is 2.55. The monoisotopic (exact) mass is 362 g/mol. The maximum absolute atomic E-state index is 12.3. The van der Waals surface area contributed by atoms with Crippen LogP contribution >= 0.6 is 0 Å². The van der Waals surface area contributed by atoms with Gasteiger partial charge in [-0.2, -0.15) is 0 Å². The fourth-order valence-corrected chi connectivity index (χ4v) is 3.24. The van der Waals surface area contributed by atoms with E-state index in [1.165, 1.54) is 7.11 Å². The normalized spacial score (nSPS) is 29.4. The van der Waals surface area contributed by atoms with Gasteiger partial charge in [-0.15, -0.1) is 0 Å². The Labute approximate surface area is 153 Å². The Bertz CT molecular complexity index is 657. The molecule has 0 radical (unpaired) electrons. The van der Waals surface area contributed by atoms with E-state index in [4.69, 9.17) is 14.2 Å². The molecule has 0 N–H and O–H groups in total. The zero-order chi connectivity index (χ0) is 19.4. The first-order valence-corrected chi connectivity index (χ1v) is 8.75. The minimum Gasteiger partial charge on any atom is -0.458 e. The van der Waals surface area contributed by atoms with Crippen molar-refractivity contribution in [2.24, 2.45) is 11.8 Å². The molecule has 2 aliphatic rings. The van der Waals surface area contributed by atoms with Crippen LogP contribution in [0.3, 0.4) is 0 Å². The Hall–Kier alpha value is -2.21. The summed E-state index contributed by atoms with van der Waals surface area (Å²) in [4.78, 5) is 36.1. The van der Waals surface area contributed by atoms with Gasteiger partial charge in [0, 0.05) is 18.3 Å². The molecule has 26 heavy (non-hydrogen) atoms. The van der Waals surface area contributed by atoms with Gasteiger partial charge >= 0.3 is 11.9 Å². The minimum absolute atomic E-state index is 0.216. The summed E-state index contributed by atoms with van der Waals surface area (Å²) >= 11 is 0. The highest BCUT2D eigenvalue weighted by Crippen LogP contribution is 2.37. The van der Waals surface area contributed by atoms with Gasteiger partial charge in [-0.25, -0.2) is 4.79 Å². The first-order valence-electron chi connectivity index (χ1n) is 8.75. The van der Waals surface area contributed by atoms with E-state index in [2.05, 4.69) is 6.58 Å². The van der Waals surface area contributed by atoms with Crippen LogP contribution < -0.4 is 0 Å². The number of carbonyl (C=O) groups excluding carboxylic acids is 3. The van der Waals surface area contributed by atoms with E-state index in [-0.39, 0.29) is 11.5 Å². The van der Waals surface area contributed by atoms with E-state index in [0.717, 1.165) is 12.0 Å². The van der Waals surface area contributed by atoms with Gasteiger partial charge in [0.25, 0.3) is 0 Å². The number of fused-ring (bicyclic) bond motifs is 1. The maximum atomic E-state index is 12.3. The summed E-state index contributed by atoms with van der Waals surface area (Å²) in [6, 6.07) is 0. The molecule has 6 nitrogen and oxygen atoms in total. The Morgan fingerprint density at radius 3 is 2.69 bits per heavy atom. The van der Waals surface area contributed by atoms with E-state index in [0.29, 0.717) is 18.3 Å². The quantitative estimate of drug-likeness (QED) is 0.331. The van der Waals surface area contributed by atoms with Crippen LogP contribution in [-0.4, -0.2) is 43.6 Å². The molecule has 0 aromatic heterocycles. The standard InChI is InChI=1S/C20H26O6/c1-11(2)19(22)26-18-16-13(4)20(23)25-15(16)9-12(3)7-6-8-14(10-21)17(18)24-5/h8-11,15-18H,4,6-7H2,1-3,5H3/t15-,16+,17+,18+/m1/s1. The Kier molecular flexibility index (Phi) is 6.53. The molecular weight excluding hydrogens is 336 g/mol. The third kappa shape index (κ3) is 4.12. The molecule has 0 amide bonds. The summed E-state index contributed by atoms with van der Waals surface area (Å²) in [7, 11) is 1.44. The smallest absolute Gasteiger partial charge is 0.334 e. The van der Waals surface area contributed by atoms with Crippen LogP contribution in [0.15, 0.2) is 35.5 Å².